The van der Waals surface area contributed by atoms with Gasteiger partial charge >= 0.3 is 0 Å². The van der Waals surface area contributed by atoms with Crippen LogP contribution in [0.15, 0.2) is 11.0 Å². The summed E-state index contributed by atoms with van der Waals surface area (Å²) in [6, 6.07) is 0.590. The molecule has 18 heavy (non-hydrogen) atoms. The number of H-pyrrole nitrogens is 1. The molecule has 3 heterocycles. The van der Waals surface area contributed by atoms with Crippen LogP contribution in [0.4, 0.5) is 5.95 Å². The van der Waals surface area contributed by atoms with Gasteiger partial charge in [0.25, 0.3) is 5.56 Å². The first kappa shape index (κ1) is 10.1. The third kappa shape index (κ3) is 1.31. The normalized spacial score (nSPS) is 26.4. The van der Waals surface area contributed by atoms with E-state index in [1.54, 1.807) is 10.9 Å². The van der Waals surface area contributed by atoms with E-state index in [9.17, 15) is 4.79 Å². The van der Waals surface area contributed by atoms with Crippen LogP contribution in [0.25, 0.3) is 11.0 Å². The average Bonchev–Trinajstić information content (AvgIpc) is 3.07. The van der Waals surface area contributed by atoms with E-state index in [2.05, 4.69) is 20.0 Å². The molecule has 0 aromatic carbocycles. The van der Waals surface area contributed by atoms with E-state index in [-0.39, 0.29) is 5.56 Å². The Balaban J connectivity index is 1.85. The van der Waals surface area contributed by atoms with Crippen LogP contribution in [0, 0.1) is 5.92 Å². The summed E-state index contributed by atoms with van der Waals surface area (Å²) in [5, 5.41) is 4.65. The number of hydrogen-bond acceptors (Lipinski definition) is 4. The lowest BCUT2D eigenvalue weighted by Gasteiger charge is -2.26. The maximum Gasteiger partial charge on any atom is 0.263 e. The molecule has 1 saturated carbocycles. The Bertz CT molecular complexity index is 673. The topological polar surface area (TPSA) is 66.8 Å². The van der Waals surface area contributed by atoms with E-state index < -0.39 is 0 Å². The maximum absolute atomic E-state index is 12.0. The molecule has 1 N–H and O–H groups in total. The van der Waals surface area contributed by atoms with Crippen molar-refractivity contribution in [2.75, 3.05) is 11.4 Å². The first-order chi connectivity index (χ1) is 8.74. The molecule has 0 amide bonds. The number of piperidine rings is 1. The largest absolute Gasteiger partial charge is 0.339 e. The quantitative estimate of drug-likeness (QED) is 0.801. The Kier molecular flexibility index (Phi) is 1.87. The Hall–Kier alpha value is -1.85. The van der Waals surface area contributed by atoms with Crippen LogP contribution in [0.3, 0.4) is 0 Å². The number of anilines is 1. The van der Waals surface area contributed by atoms with Crippen LogP contribution in [-0.2, 0) is 7.05 Å². The molecule has 2 atom stereocenters. The average molecular weight is 245 g/mol. The van der Waals surface area contributed by atoms with Gasteiger partial charge in [-0.2, -0.15) is 10.1 Å². The molecule has 2 aromatic heterocycles. The summed E-state index contributed by atoms with van der Waals surface area (Å²) >= 11 is 0. The second kappa shape index (κ2) is 3.34. The van der Waals surface area contributed by atoms with Crippen molar-refractivity contribution in [2.45, 2.75) is 25.3 Å². The Morgan fingerprint density at radius 3 is 3.28 bits per heavy atom. The lowest BCUT2D eigenvalue weighted by molar-refractivity contribution is 0.550. The summed E-state index contributed by atoms with van der Waals surface area (Å²) in [7, 11) is 1.81. The Morgan fingerprint density at radius 1 is 1.50 bits per heavy atom. The molecule has 0 bridgehead atoms. The SMILES string of the molecule is Cn1ncc2c(=O)[nH]c(N3CCC[C@@H]4C[C@@H]43)nc21. The molecular weight excluding hydrogens is 230 g/mol. The second-order valence-electron chi connectivity index (χ2n) is 5.29. The number of aromatic amines is 1. The summed E-state index contributed by atoms with van der Waals surface area (Å²) in [6.07, 6.45) is 5.32. The number of rotatable bonds is 1. The van der Waals surface area contributed by atoms with Gasteiger partial charge in [0.2, 0.25) is 5.95 Å². The predicted molar refractivity (Wildman–Crippen MR) is 67.6 cm³/mol. The first-order valence-electron chi connectivity index (χ1n) is 6.43. The van der Waals surface area contributed by atoms with Gasteiger partial charge in [-0.25, -0.2) is 0 Å². The van der Waals surface area contributed by atoms with Crippen LogP contribution in [-0.4, -0.2) is 32.3 Å². The fourth-order valence-electron chi connectivity index (χ4n) is 3.03. The predicted octanol–water partition coefficient (Wildman–Crippen LogP) is 0.645. The van der Waals surface area contributed by atoms with Gasteiger partial charge in [0.05, 0.1) is 6.20 Å². The van der Waals surface area contributed by atoms with Crippen molar-refractivity contribution in [2.24, 2.45) is 13.0 Å². The summed E-state index contributed by atoms with van der Waals surface area (Å²) in [6.45, 7) is 0.994. The van der Waals surface area contributed by atoms with Crippen LogP contribution in [0.5, 0.6) is 0 Å². The van der Waals surface area contributed by atoms with Crippen molar-refractivity contribution >= 4 is 17.0 Å². The molecule has 2 aliphatic rings. The van der Waals surface area contributed by atoms with Crippen molar-refractivity contribution in [3.8, 4) is 0 Å². The van der Waals surface area contributed by atoms with Gasteiger partial charge in [0.1, 0.15) is 5.39 Å². The van der Waals surface area contributed by atoms with Crippen molar-refractivity contribution in [3.63, 3.8) is 0 Å². The smallest absolute Gasteiger partial charge is 0.263 e. The molecular formula is C12H15N5O. The van der Waals surface area contributed by atoms with Gasteiger partial charge in [-0.15, -0.1) is 0 Å². The molecule has 2 aromatic rings. The van der Waals surface area contributed by atoms with Gasteiger partial charge in [-0.3, -0.25) is 14.5 Å². The molecule has 0 unspecified atom stereocenters. The van der Waals surface area contributed by atoms with E-state index in [4.69, 9.17) is 0 Å². The minimum atomic E-state index is -0.0918. The molecule has 0 radical (unpaired) electrons. The van der Waals surface area contributed by atoms with Gasteiger partial charge in [0.15, 0.2) is 5.65 Å². The second-order valence-corrected chi connectivity index (χ2v) is 5.29. The first-order valence-corrected chi connectivity index (χ1v) is 6.43. The molecule has 94 valence electrons. The zero-order valence-electron chi connectivity index (χ0n) is 10.3. The molecule has 1 aliphatic heterocycles. The molecule has 1 saturated heterocycles. The third-order valence-corrected chi connectivity index (χ3v) is 4.12. The fraction of sp³-hybridized carbons (Fsp3) is 0.583. The van der Waals surface area contributed by atoms with Crippen LogP contribution >= 0.6 is 0 Å². The molecule has 6 heteroatoms. The Labute approximate surface area is 104 Å². The monoisotopic (exact) mass is 245 g/mol. The summed E-state index contributed by atoms with van der Waals surface area (Å²) < 4.78 is 1.66. The van der Waals surface area contributed by atoms with E-state index in [1.165, 1.54) is 19.3 Å². The van der Waals surface area contributed by atoms with Crippen LogP contribution < -0.4 is 10.5 Å². The van der Waals surface area contributed by atoms with Gasteiger partial charge in [0, 0.05) is 19.6 Å². The number of nitrogens with zero attached hydrogens (tertiary/aromatic N) is 4. The zero-order valence-corrected chi connectivity index (χ0v) is 10.3. The minimum Gasteiger partial charge on any atom is -0.339 e. The Morgan fingerprint density at radius 2 is 2.39 bits per heavy atom. The summed E-state index contributed by atoms with van der Waals surface area (Å²) in [4.78, 5) is 21.7. The van der Waals surface area contributed by atoms with Crippen molar-refractivity contribution in [1.82, 2.24) is 19.7 Å². The van der Waals surface area contributed by atoms with Gasteiger partial charge < -0.3 is 4.90 Å². The van der Waals surface area contributed by atoms with E-state index in [1.807, 2.05) is 7.05 Å². The highest BCUT2D eigenvalue weighted by molar-refractivity contribution is 5.74. The highest BCUT2D eigenvalue weighted by Gasteiger charge is 2.45. The number of hydrogen-bond donors (Lipinski definition) is 1. The standard InChI is InChI=1S/C12H15N5O/c1-16-10-8(6-13-16)11(18)15-12(14-10)17-4-2-3-7-5-9(7)17/h6-7,9H,2-5H2,1H3,(H,14,15,18)/t7-,9+/m1/s1. The summed E-state index contributed by atoms with van der Waals surface area (Å²) in [5.41, 5.74) is 0.572. The highest BCUT2D eigenvalue weighted by atomic mass is 16.1. The lowest BCUT2D eigenvalue weighted by Crippen LogP contribution is -2.34. The van der Waals surface area contributed by atoms with E-state index >= 15 is 0 Å². The van der Waals surface area contributed by atoms with Gasteiger partial charge in [-0.05, 0) is 25.2 Å². The third-order valence-electron chi connectivity index (χ3n) is 4.12. The molecule has 2 fully saturated rings. The number of nitrogens with one attached hydrogen (secondary N) is 1. The minimum absolute atomic E-state index is 0.0918. The van der Waals surface area contributed by atoms with Crippen molar-refractivity contribution < 1.29 is 0 Å². The molecule has 1 aliphatic carbocycles. The maximum atomic E-state index is 12.0. The van der Waals surface area contributed by atoms with Crippen LogP contribution in [0.1, 0.15) is 19.3 Å². The number of fused-ring (bicyclic) bond motifs is 2. The molecule has 0 spiro atoms. The molecule has 4 rings (SSSR count). The number of aryl methyl sites for hydroxylation is 1. The van der Waals surface area contributed by atoms with Crippen LogP contribution in [0.2, 0.25) is 0 Å². The zero-order chi connectivity index (χ0) is 12.3. The lowest BCUT2D eigenvalue weighted by atomic mass is 10.1. The molecule has 6 nitrogen and oxygen atoms in total. The van der Waals surface area contributed by atoms with Gasteiger partial charge in [-0.1, -0.05) is 0 Å². The van der Waals surface area contributed by atoms with E-state index in [0.717, 1.165) is 12.5 Å². The van der Waals surface area contributed by atoms with Crippen molar-refractivity contribution in [3.05, 3.63) is 16.6 Å². The van der Waals surface area contributed by atoms with E-state index in [0.29, 0.717) is 23.0 Å². The highest BCUT2D eigenvalue weighted by Crippen LogP contribution is 2.44. The summed E-state index contributed by atoms with van der Waals surface area (Å²) in [5.74, 6) is 1.52. The fourth-order valence-corrected chi connectivity index (χ4v) is 3.03. The number of aromatic nitrogens is 4. The van der Waals surface area contributed by atoms with Crippen molar-refractivity contribution in [1.29, 1.82) is 0 Å².